The van der Waals surface area contributed by atoms with Gasteiger partial charge in [0.15, 0.2) is 11.5 Å². The number of methoxy groups -OCH3 is 2. The number of rotatable bonds is 7. The Morgan fingerprint density at radius 2 is 1.78 bits per heavy atom. The van der Waals surface area contributed by atoms with Crippen molar-refractivity contribution in [2.45, 2.75) is 13.5 Å². The van der Waals surface area contributed by atoms with Gasteiger partial charge in [-0.3, -0.25) is 0 Å². The zero-order valence-electron chi connectivity index (χ0n) is 15.5. The van der Waals surface area contributed by atoms with Crippen LogP contribution in [0, 0.1) is 0 Å². The van der Waals surface area contributed by atoms with E-state index >= 15 is 0 Å². The van der Waals surface area contributed by atoms with Crippen LogP contribution < -0.4 is 14.8 Å². The van der Waals surface area contributed by atoms with Gasteiger partial charge in [-0.2, -0.15) is 0 Å². The van der Waals surface area contributed by atoms with E-state index in [1.54, 1.807) is 27.2 Å². The molecule has 0 atom stereocenters. The maximum atomic E-state index is 12.3. The van der Waals surface area contributed by atoms with Crippen molar-refractivity contribution in [2.24, 2.45) is 0 Å². The summed E-state index contributed by atoms with van der Waals surface area (Å²) >= 11 is 0. The Kier molecular flexibility index (Phi) is 5.71. The van der Waals surface area contributed by atoms with E-state index < -0.39 is 5.97 Å². The van der Waals surface area contributed by atoms with Crippen LogP contribution in [-0.2, 0) is 11.3 Å². The van der Waals surface area contributed by atoms with Gasteiger partial charge in [-0.25, -0.2) is 14.8 Å². The fourth-order valence-electron chi connectivity index (χ4n) is 2.66. The molecule has 0 radical (unpaired) electrons. The molecule has 0 saturated heterocycles. The molecule has 0 bridgehead atoms. The van der Waals surface area contributed by atoms with Gasteiger partial charge >= 0.3 is 5.97 Å². The molecule has 2 aromatic carbocycles. The Hall–Kier alpha value is -3.35. The van der Waals surface area contributed by atoms with Crippen LogP contribution >= 0.6 is 0 Å². The molecular weight excluding hydrogens is 346 g/mol. The van der Waals surface area contributed by atoms with Gasteiger partial charge in [0, 0.05) is 12.1 Å². The van der Waals surface area contributed by atoms with Crippen LogP contribution in [0.15, 0.2) is 42.5 Å². The van der Waals surface area contributed by atoms with Crippen LogP contribution in [0.25, 0.3) is 11.0 Å². The lowest BCUT2D eigenvalue weighted by Crippen LogP contribution is -2.14. The predicted molar refractivity (Wildman–Crippen MR) is 102 cm³/mol. The number of ether oxygens (including phenoxy) is 3. The number of nitrogens with zero attached hydrogens (tertiary/aromatic N) is 2. The highest BCUT2D eigenvalue weighted by Gasteiger charge is 2.18. The van der Waals surface area contributed by atoms with Gasteiger partial charge in [-0.1, -0.05) is 12.1 Å². The number of benzene rings is 2. The minimum Gasteiger partial charge on any atom is -0.497 e. The molecule has 27 heavy (non-hydrogen) atoms. The van der Waals surface area contributed by atoms with Crippen molar-refractivity contribution >= 4 is 22.8 Å². The molecule has 140 valence electrons. The smallest absolute Gasteiger partial charge is 0.360 e. The standard InChI is InChI=1S/C20H21N3O4/c1-4-27-20(24)18-19(23-16-8-6-5-7-15(16)22-18)21-12-13-11-14(25-2)9-10-17(13)26-3/h5-11H,4,12H2,1-3H3,(H,21,23). The summed E-state index contributed by atoms with van der Waals surface area (Å²) < 4.78 is 15.8. The monoisotopic (exact) mass is 367 g/mol. The molecule has 0 aliphatic rings. The van der Waals surface area contributed by atoms with E-state index in [2.05, 4.69) is 15.3 Å². The molecule has 0 aliphatic carbocycles. The Labute approximate surface area is 157 Å². The summed E-state index contributed by atoms with van der Waals surface area (Å²) in [5.74, 6) is 1.26. The van der Waals surface area contributed by atoms with Crippen molar-refractivity contribution in [3.63, 3.8) is 0 Å². The van der Waals surface area contributed by atoms with E-state index in [0.717, 1.165) is 5.56 Å². The molecular formula is C20H21N3O4. The van der Waals surface area contributed by atoms with E-state index in [0.29, 0.717) is 34.9 Å². The largest absolute Gasteiger partial charge is 0.497 e. The van der Waals surface area contributed by atoms with Crippen LogP contribution in [0.1, 0.15) is 23.0 Å². The number of hydrogen-bond donors (Lipinski definition) is 1. The number of hydrogen-bond acceptors (Lipinski definition) is 7. The average Bonchev–Trinajstić information content (AvgIpc) is 2.71. The van der Waals surface area contributed by atoms with Crippen LogP contribution in [-0.4, -0.2) is 36.8 Å². The molecule has 3 aromatic rings. The van der Waals surface area contributed by atoms with Crippen molar-refractivity contribution < 1.29 is 19.0 Å². The maximum Gasteiger partial charge on any atom is 0.360 e. The Morgan fingerprint density at radius 3 is 2.44 bits per heavy atom. The lowest BCUT2D eigenvalue weighted by atomic mass is 10.2. The van der Waals surface area contributed by atoms with E-state index in [1.165, 1.54) is 0 Å². The third-order valence-corrected chi connectivity index (χ3v) is 3.97. The van der Waals surface area contributed by atoms with Gasteiger partial charge in [-0.15, -0.1) is 0 Å². The quantitative estimate of drug-likeness (QED) is 0.641. The zero-order valence-corrected chi connectivity index (χ0v) is 15.5. The summed E-state index contributed by atoms with van der Waals surface area (Å²) in [7, 11) is 3.21. The average molecular weight is 367 g/mol. The van der Waals surface area contributed by atoms with E-state index in [4.69, 9.17) is 14.2 Å². The first-order chi connectivity index (χ1) is 13.2. The number of nitrogens with one attached hydrogen (secondary N) is 1. The molecule has 0 aliphatic heterocycles. The van der Waals surface area contributed by atoms with Gasteiger partial charge < -0.3 is 19.5 Å². The molecule has 1 aromatic heterocycles. The number of aromatic nitrogens is 2. The molecule has 0 unspecified atom stereocenters. The number of esters is 1. The second-order valence-electron chi connectivity index (χ2n) is 5.66. The first-order valence-corrected chi connectivity index (χ1v) is 8.55. The number of anilines is 1. The van der Waals surface area contributed by atoms with Gasteiger partial charge in [0.1, 0.15) is 11.5 Å². The predicted octanol–water partition coefficient (Wildman–Crippen LogP) is 3.44. The van der Waals surface area contributed by atoms with Gasteiger partial charge in [0.25, 0.3) is 0 Å². The highest BCUT2D eigenvalue weighted by molar-refractivity contribution is 5.95. The highest BCUT2D eigenvalue weighted by atomic mass is 16.5. The summed E-state index contributed by atoms with van der Waals surface area (Å²) in [6.07, 6.45) is 0. The summed E-state index contributed by atoms with van der Waals surface area (Å²) in [5.41, 5.74) is 2.33. The molecule has 0 fully saturated rings. The summed E-state index contributed by atoms with van der Waals surface area (Å²) in [6, 6.07) is 12.9. The SMILES string of the molecule is CCOC(=O)c1nc2ccccc2nc1NCc1cc(OC)ccc1OC. The van der Waals surface area contributed by atoms with Crippen LogP contribution in [0.4, 0.5) is 5.82 Å². The van der Waals surface area contributed by atoms with Crippen molar-refractivity contribution in [2.75, 3.05) is 26.1 Å². The first kappa shape index (κ1) is 18.4. The molecule has 0 spiro atoms. The van der Waals surface area contributed by atoms with Crippen molar-refractivity contribution in [3.8, 4) is 11.5 Å². The topological polar surface area (TPSA) is 82.6 Å². The molecule has 0 amide bonds. The number of para-hydroxylation sites is 2. The van der Waals surface area contributed by atoms with Gasteiger partial charge in [-0.05, 0) is 37.3 Å². The van der Waals surface area contributed by atoms with Gasteiger partial charge in [0.2, 0.25) is 0 Å². The lowest BCUT2D eigenvalue weighted by molar-refractivity contribution is 0.0520. The number of carbonyl (C=O) groups excluding carboxylic acids is 1. The van der Waals surface area contributed by atoms with Crippen LogP contribution in [0.3, 0.4) is 0 Å². The van der Waals surface area contributed by atoms with Crippen molar-refractivity contribution in [3.05, 3.63) is 53.7 Å². The molecule has 3 rings (SSSR count). The van der Waals surface area contributed by atoms with Crippen LogP contribution in [0.5, 0.6) is 11.5 Å². The molecule has 1 N–H and O–H groups in total. The molecule has 0 saturated carbocycles. The summed E-state index contributed by atoms with van der Waals surface area (Å²) in [5, 5.41) is 3.18. The van der Waals surface area contributed by atoms with E-state index in [9.17, 15) is 4.79 Å². The van der Waals surface area contributed by atoms with Crippen LogP contribution in [0.2, 0.25) is 0 Å². The van der Waals surface area contributed by atoms with E-state index in [-0.39, 0.29) is 12.3 Å². The van der Waals surface area contributed by atoms with Crippen molar-refractivity contribution in [1.82, 2.24) is 9.97 Å². The normalized spacial score (nSPS) is 10.5. The molecule has 1 heterocycles. The second-order valence-corrected chi connectivity index (χ2v) is 5.66. The Bertz CT molecular complexity index is 959. The summed E-state index contributed by atoms with van der Waals surface area (Å²) in [4.78, 5) is 21.3. The number of carbonyl (C=O) groups is 1. The van der Waals surface area contributed by atoms with E-state index in [1.807, 2.05) is 36.4 Å². The summed E-state index contributed by atoms with van der Waals surface area (Å²) in [6.45, 7) is 2.39. The minimum atomic E-state index is -0.518. The Morgan fingerprint density at radius 1 is 1.04 bits per heavy atom. The minimum absolute atomic E-state index is 0.150. The highest BCUT2D eigenvalue weighted by Crippen LogP contribution is 2.25. The fourth-order valence-corrected chi connectivity index (χ4v) is 2.66. The lowest BCUT2D eigenvalue weighted by Gasteiger charge is -2.14. The maximum absolute atomic E-state index is 12.3. The molecule has 7 heteroatoms. The first-order valence-electron chi connectivity index (χ1n) is 8.55. The van der Waals surface area contributed by atoms with Crippen molar-refractivity contribution in [1.29, 1.82) is 0 Å². The third kappa shape index (κ3) is 4.08. The van der Waals surface area contributed by atoms with Gasteiger partial charge in [0.05, 0.1) is 31.9 Å². The second kappa shape index (κ2) is 8.35. The Balaban J connectivity index is 1.96. The molecule has 7 nitrogen and oxygen atoms in total. The zero-order chi connectivity index (χ0) is 19.2. The number of fused-ring (bicyclic) bond motifs is 1. The third-order valence-electron chi connectivity index (χ3n) is 3.97. The fraction of sp³-hybridized carbons (Fsp3) is 0.250.